The molecule has 0 aliphatic carbocycles. The molecule has 2 fully saturated rings. The fourth-order valence-corrected chi connectivity index (χ4v) is 3.11. The van der Waals surface area contributed by atoms with Crippen LogP contribution in [0.4, 0.5) is 10.5 Å². The third kappa shape index (κ3) is 2.81. The van der Waals surface area contributed by atoms with Crippen molar-refractivity contribution in [3.8, 4) is 0 Å². The third-order valence-corrected chi connectivity index (χ3v) is 4.48. The van der Waals surface area contributed by atoms with E-state index in [1.807, 2.05) is 21.8 Å². The fourth-order valence-electron chi connectivity index (χ4n) is 3.11. The number of hydrogen-bond donors (Lipinski definition) is 1. The maximum Gasteiger partial charge on any atom is 0.322 e. The molecule has 0 spiro atoms. The molecule has 0 radical (unpaired) electrons. The van der Waals surface area contributed by atoms with E-state index in [1.165, 1.54) is 5.56 Å². The number of hydrogen-bond acceptors (Lipinski definition) is 4. The lowest BCUT2D eigenvalue weighted by atomic mass is 10.1. The number of carbonyl (C=O) groups excluding carboxylic acids is 1. The molecule has 23 heavy (non-hydrogen) atoms. The van der Waals surface area contributed by atoms with Gasteiger partial charge in [0.2, 0.25) is 0 Å². The molecule has 2 aliphatic heterocycles. The van der Waals surface area contributed by atoms with Gasteiger partial charge in [0.05, 0.1) is 30.7 Å². The summed E-state index contributed by atoms with van der Waals surface area (Å²) in [7, 11) is 0. The Morgan fingerprint density at radius 2 is 2.09 bits per heavy atom. The zero-order valence-electron chi connectivity index (χ0n) is 13.2. The summed E-state index contributed by atoms with van der Waals surface area (Å²) in [6, 6.07) is 0.364. The molecule has 1 N–H and O–H groups in total. The lowest BCUT2D eigenvalue weighted by molar-refractivity contribution is 0.0934. The van der Waals surface area contributed by atoms with Crippen LogP contribution in [0.25, 0.3) is 0 Å². The summed E-state index contributed by atoms with van der Waals surface area (Å²) < 4.78 is 3.97. The van der Waals surface area contributed by atoms with Gasteiger partial charge in [-0.3, -0.25) is 19.2 Å². The smallest absolute Gasteiger partial charge is 0.322 e. The molecule has 2 amide bonds. The average Bonchev–Trinajstić information content (AvgIpc) is 3.19. The predicted molar refractivity (Wildman–Crippen MR) is 85.4 cm³/mol. The number of nitrogens with zero attached hydrogens (tertiary/aromatic N) is 6. The summed E-state index contributed by atoms with van der Waals surface area (Å²) in [6.07, 6.45) is 7.71. The Labute approximate surface area is 134 Å². The highest BCUT2D eigenvalue weighted by Crippen LogP contribution is 2.23. The van der Waals surface area contributed by atoms with E-state index in [4.69, 9.17) is 0 Å². The summed E-state index contributed by atoms with van der Waals surface area (Å²) in [4.78, 5) is 15.8. The number of anilines is 1. The normalized spacial score (nSPS) is 19.2. The molecule has 2 aliphatic rings. The zero-order chi connectivity index (χ0) is 15.8. The van der Waals surface area contributed by atoms with E-state index in [-0.39, 0.29) is 6.03 Å². The summed E-state index contributed by atoms with van der Waals surface area (Å²) in [6.45, 7) is 7.37. The Hall–Kier alpha value is -2.35. The van der Waals surface area contributed by atoms with Crippen LogP contribution in [0.5, 0.6) is 0 Å². The molecular formula is C15H21N7O. The van der Waals surface area contributed by atoms with Crippen molar-refractivity contribution in [2.45, 2.75) is 19.5 Å². The van der Waals surface area contributed by atoms with Gasteiger partial charge in [0.1, 0.15) is 0 Å². The number of urea groups is 1. The van der Waals surface area contributed by atoms with Gasteiger partial charge >= 0.3 is 6.03 Å². The highest BCUT2D eigenvalue weighted by atomic mass is 16.2. The molecule has 8 nitrogen and oxygen atoms in total. The number of aromatic nitrogens is 4. The van der Waals surface area contributed by atoms with Gasteiger partial charge in [-0.1, -0.05) is 0 Å². The lowest BCUT2D eigenvalue weighted by Crippen LogP contribution is -2.48. The molecule has 0 atom stereocenters. The highest BCUT2D eigenvalue weighted by Gasteiger charge is 2.30. The number of aryl methyl sites for hydroxylation is 1. The van der Waals surface area contributed by atoms with Gasteiger partial charge < -0.3 is 5.32 Å². The van der Waals surface area contributed by atoms with Crippen molar-refractivity contribution < 1.29 is 4.79 Å². The van der Waals surface area contributed by atoms with Crippen LogP contribution in [-0.4, -0.2) is 63.2 Å². The van der Waals surface area contributed by atoms with Crippen molar-refractivity contribution in [1.29, 1.82) is 0 Å². The average molecular weight is 315 g/mol. The maximum absolute atomic E-state index is 11.7. The van der Waals surface area contributed by atoms with Gasteiger partial charge in [0.25, 0.3) is 0 Å². The summed E-state index contributed by atoms with van der Waals surface area (Å²) in [5, 5.41) is 11.5. The van der Waals surface area contributed by atoms with E-state index in [0.29, 0.717) is 19.1 Å². The van der Waals surface area contributed by atoms with E-state index >= 15 is 0 Å². The van der Waals surface area contributed by atoms with E-state index in [0.717, 1.165) is 31.9 Å². The van der Waals surface area contributed by atoms with Gasteiger partial charge in [-0.25, -0.2) is 4.79 Å². The lowest BCUT2D eigenvalue weighted by Gasteiger charge is -2.39. The Kier molecular flexibility index (Phi) is 3.53. The Morgan fingerprint density at radius 1 is 1.22 bits per heavy atom. The largest absolute Gasteiger partial charge is 0.336 e. The Bertz CT molecular complexity index is 700. The van der Waals surface area contributed by atoms with Gasteiger partial charge in [-0.15, -0.1) is 0 Å². The highest BCUT2D eigenvalue weighted by molar-refractivity contribution is 5.93. The summed E-state index contributed by atoms with van der Waals surface area (Å²) in [5.41, 5.74) is 2.08. The van der Waals surface area contributed by atoms with E-state index in [9.17, 15) is 4.79 Å². The number of nitrogens with one attached hydrogen (secondary N) is 1. The van der Waals surface area contributed by atoms with Crippen molar-refractivity contribution in [1.82, 2.24) is 29.8 Å². The SMILES string of the molecule is Cc1cnn(CCN2CC(n3cc(N4CCNC4=O)cn3)C2)c1. The Balaban J connectivity index is 1.28. The van der Waals surface area contributed by atoms with Crippen molar-refractivity contribution >= 4 is 11.7 Å². The van der Waals surface area contributed by atoms with E-state index < -0.39 is 0 Å². The fraction of sp³-hybridized carbons (Fsp3) is 0.533. The minimum atomic E-state index is -0.0331. The van der Waals surface area contributed by atoms with Crippen LogP contribution in [0.1, 0.15) is 11.6 Å². The second-order valence-corrected chi connectivity index (χ2v) is 6.26. The molecule has 122 valence electrons. The molecule has 4 heterocycles. The first kappa shape index (κ1) is 14.3. The van der Waals surface area contributed by atoms with Crippen molar-refractivity contribution in [3.63, 3.8) is 0 Å². The molecule has 2 aromatic rings. The molecule has 2 saturated heterocycles. The minimum Gasteiger partial charge on any atom is -0.336 e. The molecule has 4 rings (SSSR count). The zero-order valence-corrected chi connectivity index (χ0v) is 13.2. The van der Waals surface area contributed by atoms with Crippen LogP contribution < -0.4 is 10.2 Å². The topological polar surface area (TPSA) is 71.2 Å². The van der Waals surface area contributed by atoms with Crippen LogP contribution in [0.2, 0.25) is 0 Å². The molecule has 0 bridgehead atoms. The van der Waals surface area contributed by atoms with E-state index in [1.54, 1.807) is 11.1 Å². The number of amides is 2. The second kappa shape index (κ2) is 5.69. The second-order valence-electron chi connectivity index (χ2n) is 6.26. The minimum absolute atomic E-state index is 0.0331. The van der Waals surface area contributed by atoms with E-state index in [2.05, 4.69) is 33.5 Å². The molecule has 0 unspecified atom stereocenters. The first-order valence-corrected chi connectivity index (χ1v) is 8.00. The first-order valence-electron chi connectivity index (χ1n) is 8.00. The monoisotopic (exact) mass is 315 g/mol. The molecule has 0 saturated carbocycles. The summed E-state index contributed by atoms with van der Waals surface area (Å²) >= 11 is 0. The number of rotatable bonds is 5. The molecule has 8 heteroatoms. The van der Waals surface area contributed by atoms with Gasteiger partial charge in [0.15, 0.2) is 0 Å². The standard InChI is InChI=1S/C15H21N7O/c1-12-6-17-20(8-12)5-4-19-9-14(10-19)22-11-13(7-18-22)21-3-2-16-15(21)23/h6-8,11,14H,2-5,9-10H2,1H3,(H,16,23). The van der Waals surface area contributed by atoms with Crippen LogP contribution in [0, 0.1) is 6.92 Å². The van der Waals surface area contributed by atoms with Crippen LogP contribution in [0.3, 0.4) is 0 Å². The quantitative estimate of drug-likeness (QED) is 0.871. The number of likely N-dealkylation sites (tertiary alicyclic amines) is 1. The molecule has 2 aromatic heterocycles. The maximum atomic E-state index is 11.7. The van der Waals surface area contributed by atoms with Crippen LogP contribution in [0.15, 0.2) is 24.8 Å². The van der Waals surface area contributed by atoms with Crippen LogP contribution >= 0.6 is 0 Å². The van der Waals surface area contributed by atoms with Gasteiger partial charge in [0, 0.05) is 45.1 Å². The van der Waals surface area contributed by atoms with Gasteiger partial charge in [-0.05, 0) is 12.5 Å². The predicted octanol–water partition coefficient (Wildman–Crippen LogP) is 0.475. The van der Waals surface area contributed by atoms with Crippen molar-refractivity contribution in [2.24, 2.45) is 0 Å². The number of carbonyl (C=O) groups is 1. The summed E-state index contributed by atoms with van der Waals surface area (Å²) in [5.74, 6) is 0. The van der Waals surface area contributed by atoms with Crippen molar-refractivity contribution in [3.05, 3.63) is 30.4 Å². The Morgan fingerprint density at radius 3 is 2.78 bits per heavy atom. The third-order valence-electron chi connectivity index (χ3n) is 4.48. The van der Waals surface area contributed by atoms with Gasteiger partial charge in [-0.2, -0.15) is 10.2 Å². The molecular weight excluding hydrogens is 294 g/mol. The van der Waals surface area contributed by atoms with Crippen molar-refractivity contribution in [2.75, 3.05) is 37.6 Å². The first-order chi connectivity index (χ1) is 11.2. The molecule has 0 aromatic carbocycles. The van der Waals surface area contributed by atoms with Crippen LogP contribution in [-0.2, 0) is 6.54 Å².